The number of rotatable bonds is 4. The Morgan fingerprint density at radius 1 is 1.60 bits per heavy atom. The van der Waals surface area contributed by atoms with Gasteiger partial charge in [0.25, 0.3) is 0 Å². The third-order valence-corrected chi connectivity index (χ3v) is 2.31. The average molecular weight is 144 g/mol. The van der Waals surface area contributed by atoms with E-state index < -0.39 is 0 Å². The Labute approximate surface area is 62.2 Å². The monoisotopic (exact) mass is 144 g/mol. The third-order valence-electron chi connectivity index (χ3n) is 2.31. The molecule has 1 saturated carbocycles. The quantitative estimate of drug-likeness (QED) is 0.638. The van der Waals surface area contributed by atoms with Crippen LogP contribution in [-0.2, 0) is 4.74 Å². The van der Waals surface area contributed by atoms with E-state index in [1.165, 1.54) is 12.8 Å². The fraction of sp³-hybridized carbons (Fsp3) is 1.00. The van der Waals surface area contributed by atoms with Crippen molar-refractivity contribution < 1.29 is 9.84 Å². The largest absolute Gasteiger partial charge is 0.390 e. The van der Waals surface area contributed by atoms with Crippen molar-refractivity contribution in [3.05, 3.63) is 0 Å². The summed E-state index contributed by atoms with van der Waals surface area (Å²) in [4.78, 5) is 0. The summed E-state index contributed by atoms with van der Waals surface area (Å²) in [5.74, 6) is 1.20. The van der Waals surface area contributed by atoms with E-state index in [-0.39, 0.29) is 6.10 Å². The second-order valence-corrected chi connectivity index (χ2v) is 3.22. The van der Waals surface area contributed by atoms with Crippen molar-refractivity contribution in [1.82, 2.24) is 0 Å². The average Bonchev–Trinajstić information content (AvgIpc) is 2.68. The van der Waals surface area contributed by atoms with E-state index in [0.29, 0.717) is 12.5 Å². The lowest BCUT2D eigenvalue weighted by Crippen LogP contribution is -2.24. The molecule has 1 fully saturated rings. The Balaban J connectivity index is 2.17. The van der Waals surface area contributed by atoms with E-state index in [4.69, 9.17) is 4.74 Å². The van der Waals surface area contributed by atoms with Gasteiger partial charge in [-0.15, -0.1) is 0 Å². The summed E-state index contributed by atoms with van der Waals surface area (Å²) >= 11 is 0. The second kappa shape index (κ2) is 3.35. The van der Waals surface area contributed by atoms with Gasteiger partial charge in [0, 0.05) is 7.11 Å². The molecular weight excluding hydrogens is 128 g/mol. The standard InChI is InChI=1S/C8H16O2/c1-6(7-3-4-7)8(9)5-10-2/h6-9H,3-5H2,1-2H3. The van der Waals surface area contributed by atoms with Crippen molar-refractivity contribution in [2.24, 2.45) is 11.8 Å². The summed E-state index contributed by atoms with van der Waals surface area (Å²) in [5.41, 5.74) is 0. The van der Waals surface area contributed by atoms with Crippen LogP contribution in [-0.4, -0.2) is 24.9 Å². The van der Waals surface area contributed by atoms with E-state index in [1.807, 2.05) is 0 Å². The minimum absolute atomic E-state index is 0.252. The SMILES string of the molecule is COCC(O)C(C)C1CC1. The second-order valence-electron chi connectivity index (χ2n) is 3.22. The lowest BCUT2D eigenvalue weighted by atomic mass is 10.0. The van der Waals surface area contributed by atoms with Crippen molar-refractivity contribution in [2.45, 2.75) is 25.9 Å². The van der Waals surface area contributed by atoms with Crippen molar-refractivity contribution in [1.29, 1.82) is 0 Å². The molecule has 2 heteroatoms. The van der Waals surface area contributed by atoms with Crippen LogP contribution in [0, 0.1) is 11.8 Å². The zero-order chi connectivity index (χ0) is 7.56. The van der Waals surface area contributed by atoms with Crippen molar-refractivity contribution >= 4 is 0 Å². The van der Waals surface area contributed by atoms with E-state index >= 15 is 0 Å². The van der Waals surface area contributed by atoms with Crippen LogP contribution in [0.15, 0.2) is 0 Å². The third kappa shape index (κ3) is 1.96. The predicted octanol–water partition coefficient (Wildman–Crippen LogP) is 1.04. The summed E-state index contributed by atoms with van der Waals surface area (Å²) in [7, 11) is 1.63. The maximum atomic E-state index is 9.40. The molecular formula is C8H16O2. The molecule has 0 aromatic carbocycles. The molecule has 60 valence electrons. The van der Waals surface area contributed by atoms with Gasteiger partial charge in [0.1, 0.15) is 0 Å². The van der Waals surface area contributed by atoms with Crippen LogP contribution in [0.5, 0.6) is 0 Å². The number of ether oxygens (including phenoxy) is 1. The first kappa shape index (κ1) is 8.02. The molecule has 0 aromatic heterocycles. The molecule has 2 atom stereocenters. The molecule has 2 unspecified atom stereocenters. The van der Waals surface area contributed by atoms with Crippen molar-refractivity contribution in [3.8, 4) is 0 Å². The Hall–Kier alpha value is -0.0800. The normalized spacial score (nSPS) is 24.3. The zero-order valence-corrected chi connectivity index (χ0v) is 6.71. The van der Waals surface area contributed by atoms with Gasteiger partial charge in [-0.3, -0.25) is 0 Å². The maximum Gasteiger partial charge on any atom is 0.0801 e. The Kier molecular flexibility index (Phi) is 2.69. The fourth-order valence-corrected chi connectivity index (χ4v) is 1.26. The Morgan fingerprint density at radius 3 is 2.60 bits per heavy atom. The van der Waals surface area contributed by atoms with E-state index in [9.17, 15) is 5.11 Å². The van der Waals surface area contributed by atoms with Crippen LogP contribution in [0.1, 0.15) is 19.8 Å². The topological polar surface area (TPSA) is 29.5 Å². The lowest BCUT2D eigenvalue weighted by molar-refractivity contribution is 0.0241. The molecule has 2 nitrogen and oxygen atoms in total. The van der Waals surface area contributed by atoms with Gasteiger partial charge >= 0.3 is 0 Å². The number of methoxy groups -OCH3 is 1. The van der Waals surface area contributed by atoms with Gasteiger partial charge in [0.15, 0.2) is 0 Å². The lowest BCUT2D eigenvalue weighted by Gasteiger charge is -2.16. The summed E-state index contributed by atoms with van der Waals surface area (Å²) in [5, 5.41) is 9.40. The highest BCUT2D eigenvalue weighted by molar-refractivity contribution is 4.82. The minimum Gasteiger partial charge on any atom is -0.390 e. The van der Waals surface area contributed by atoms with Crippen LogP contribution in [0.25, 0.3) is 0 Å². The van der Waals surface area contributed by atoms with Gasteiger partial charge in [0.05, 0.1) is 12.7 Å². The summed E-state index contributed by atoms with van der Waals surface area (Å²) in [6, 6.07) is 0. The first-order valence-corrected chi connectivity index (χ1v) is 3.92. The van der Waals surface area contributed by atoms with Crippen LogP contribution in [0.4, 0.5) is 0 Å². The molecule has 0 spiro atoms. The first-order chi connectivity index (χ1) is 4.75. The molecule has 0 aliphatic heterocycles. The van der Waals surface area contributed by atoms with Gasteiger partial charge in [-0.05, 0) is 24.7 Å². The van der Waals surface area contributed by atoms with Crippen molar-refractivity contribution in [2.75, 3.05) is 13.7 Å². The summed E-state index contributed by atoms with van der Waals surface area (Å²) < 4.78 is 4.85. The Morgan fingerprint density at radius 2 is 2.20 bits per heavy atom. The van der Waals surface area contributed by atoms with Gasteiger partial charge in [0.2, 0.25) is 0 Å². The smallest absolute Gasteiger partial charge is 0.0801 e. The highest BCUT2D eigenvalue weighted by Gasteiger charge is 2.32. The molecule has 0 saturated heterocycles. The zero-order valence-electron chi connectivity index (χ0n) is 6.71. The molecule has 0 bridgehead atoms. The number of hydrogen-bond donors (Lipinski definition) is 1. The molecule has 0 aromatic rings. The molecule has 0 radical (unpaired) electrons. The van der Waals surface area contributed by atoms with Gasteiger partial charge in [-0.2, -0.15) is 0 Å². The van der Waals surface area contributed by atoms with Crippen molar-refractivity contribution in [3.63, 3.8) is 0 Å². The first-order valence-electron chi connectivity index (χ1n) is 3.92. The predicted molar refractivity (Wildman–Crippen MR) is 39.8 cm³/mol. The van der Waals surface area contributed by atoms with Crippen LogP contribution < -0.4 is 0 Å². The molecule has 10 heavy (non-hydrogen) atoms. The van der Waals surface area contributed by atoms with Crippen LogP contribution in [0.2, 0.25) is 0 Å². The molecule has 1 aliphatic rings. The number of aliphatic hydroxyl groups excluding tert-OH is 1. The number of aliphatic hydroxyl groups is 1. The molecule has 0 heterocycles. The fourth-order valence-electron chi connectivity index (χ4n) is 1.26. The van der Waals surface area contributed by atoms with Crippen LogP contribution >= 0.6 is 0 Å². The van der Waals surface area contributed by atoms with E-state index in [1.54, 1.807) is 7.11 Å². The van der Waals surface area contributed by atoms with E-state index in [2.05, 4.69) is 6.92 Å². The van der Waals surface area contributed by atoms with Gasteiger partial charge < -0.3 is 9.84 Å². The highest BCUT2D eigenvalue weighted by Crippen LogP contribution is 2.38. The molecule has 1 aliphatic carbocycles. The van der Waals surface area contributed by atoms with Gasteiger partial charge in [-0.1, -0.05) is 6.92 Å². The highest BCUT2D eigenvalue weighted by atomic mass is 16.5. The minimum atomic E-state index is -0.252. The number of hydrogen-bond acceptors (Lipinski definition) is 2. The van der Waals surface area contributed by atoms with Gasteiger partial charge in [-0.25, -0.2) is 0 Å². The molecule has 1 rings (SSSR count). The molecule has 0 amide bonds. The maximum absolute atomic E-state index is 9.40. The van der Waals surface area contributed by atoms with Crippen LogP contribution in [0.3, 0.4) is 0 Å². The summed E-state index contributed by atoms with van der Waals surface area (Å²) in [6.45, 7) is 2.58. The Bertz CT molecular complexity index is 99.4. The summed E-state index contributed by atoms with van der Waals surface area (Å²) in [6.07, 6.45) is 2.33. The van der Waals surface area contributed by atoms with E-state index in [0.717, 1.165) is 5.92 Å². The molecule has 1 N–H and O–H groups in total.